The van der Waals surface area contributed by atoms with Crippen LogP contribution in [0.25, 0.3) is 0 Å². The summed E-state index contributed by atoms with van der Waals surface area (Å²) in [6.07, 6.45) is 0.210. The number of hydrogen-bond donors (Lipinski definition) is 0. The summed E-state index contributed by atoms with van der Waals surface area (Å²) in [5.41, 5.74) is 2.38. The Morgan fingerprint density at radius 2 is 1.80 bits per heavy atom. The van der Waals surface area contributed by atoms with E-state index >= 15 is 0 Å². The fourth-order valence-corrected chi connectivity index (χ4v) is 2.09. The van der Waals surface area contributed by atoms with Gasteiger partial charge < -0.3 is 4.90 Å². The number of anilines is 1. The van der Waals surface area contributed by atoms with Gasteiger partial charge in [-0.15, -0.1) is 0 Å². The second kappa shape index (κ2) is 6.06. The zero-order valence-corrected chi connectivity index (χ0v) is 12.1. The maximum atomic E-state index is 13.1. The number of carbonyl (C=O) groups is 1. The Labute approximate surface area is 122 Å². The van der Waals surface area contributed by atoms with E-state index in [1.807, 2.05) is 31.1 Å². The van der Waals surface area contributed by atoms with Gasteiger partial charge in [0.1, 0.15) is 5.82 Å². The highest BCUT2D eigenvalue weighted by Crippen LogP contribution is 2.18. The smallest absolute Gasteiger partial charge is 0.167 e. The summed E-state index contributed by atoms with van der Waals surface area (Å²) in [5, 5.41) is 0.0401. The van der Waals surface area contributed by atoms with E-state index in [2.05, 4.69) is 0 Å². The molecule has 2 aromatic carbocycles. The van der Waals surface area contributed by atoms with Crippen molar-refractivity contribution in [3.05, 3.63) is 64.4 Å². The largest absolute Gasteiger partial charge is 0.378 e. The van der Waals surface area contributed by atoms with Crippen molar-refractivity contribution in [3.63, 3.8) is 0 Å². The molecule has 0 aromatic heterocycles. The average molecular weight is 292 g/mol. The molecule has 0 saturated heterocycles. The van der Waals surface area contributed by atoms with Crippen molar-refractivity contribution >= 4 is 23.1 Å². The molecular formula is C16H15ClFNO. The first kappa shape index (κ1) is 14.5. The van der Waals surface area contributed by atoms with E-state index in [0.29, 0.717) is 11.1 Å². The lowest BCUT2D eigenvalue weighted by Crippen LogP contribution is -2.09. The minimum atomic E-state index is -0.474. The summed E-state index contributed by atoms with van der Waals surface area (Å²) in [4.78, 5) is 14.1. The van der Waals surface area contributed by atoms with Gasteiger partial charge in [0.05, 0.1) is 5.02 Å². The monoisotopic (exact) mass is 291 g/mol. The quantitative estimate of drug-likeness (QED) is 0.795. The van der Waals surface area contributed by atoms with Crippen LogP contribution in [0.1, 0.15) is 15.9 Å². The van der Waals surface area contributed by atoms with E-state index in [4.69, 9.17) is 11.6 Å². The van der Waals surface area contributed by atoms with Gasteiger partial charge in [-0.3, -0.25) is 4.79 Å². The number of nitrogens with zero attached hydrogens (tertiary/aromatic N) is 1. The molecule has 0 fully saturated rings. The molecule has 0 unspecified atom stereocenters. The van der Waals surface area contributed by atoms with Crippen molar-refractivity contribution in [2.45, 2.75) is 6.42 Å². The van der Waals surface area contributed by atoms with Crippen LogP contribution in [-0.2, 0) is 6.42 Å². The molecule has 2 nitrogen and oxygen atoms in total. The molecule has 0 amide bonds. The number of halogens is 2. The zero-order valence-electron chi connectivity index (χ0n) is 11.4. The maximum Gasteiger partial charge on any atom is 0.167 e. The summed E-state index contributed by atoms with van der Waals surface area (Å²) >= 11 is 5.71. The third-order valence-corrected chi connectivity index (χ3v) is 3.34. The lowest BCUT2D eigenvalue weighted by molar-refractivity contribution is 0.0993. The minimum Gasteiger partial charge on any atom is -0.378 e. The normalized spacial score (nSPS) is 10.4. The molecule has 4 heteroatoms. The van der Waals surface area contributed by atoms with E-state index < -0.39 is 5.82 Å². The van der Waals surface area contributed by atoms with E-state index in [9.17, 15) is 9.18 Å². The van der Waals surface area contributed by atoms with Crippen molar-refractivity contribution in [1.29, 1.82) is 0 Å². The van der Waals surface area contributed by atoms with Crippen LogP contribution >= 0.6 is 11.6 Å². The van der Waals surface area contributed by atoms with Gasteiger partial charge in [-0.1, -0.05) is 17.7 Å². The van der Waals surface area contributed by atoms with Gasteiger partial charge in [-0.25, -0.2) is 4.39 Å². The highest BCUT2D eigenvalue weighted by atomic mass is 35.5. The zero-order chi connectivity index (χ0) is 14.7. The van der Waals surface area contributed by atoms with E-state index in [1.54, 1.807) is 18.2 Å². The van der Waals surface area contributed by atoms with Gasteiger partial charge >= 0.3 is 0 Å². The molecule has 0 N–H and O–H groups in total. The van der Waals surface area contributed by atoms with E-state index in [0.717, 1.165) is 5.69 Å². The Morgan fingerprint density at radius 1 is 1.15 bits per heavy atom. The third kappa shape index (κ3) is 3.36. The van der Waals surface area contributed by atoms with Crippen LogP contribution in [0.4, 0.5) is 10.1 Å². The van der Waals surface area contributed by atoms with Crippen LogP contribution in [0.5, 0.6) is 0 Å². The maximum absolute atomic E-state index is 13.1. The van der Waals surface area contributed by atoms with Crippen LogP contribution in [-0.4, -0.2) is 19.9 Å². The Morgan fingerprint density at radius 3 is 2.35 bits per heavy atom. The van der Waals surface area contributed by atoms with Gasteiger partial charge in [0.2, 0.25) is 0 Å². The molecular weight excluding hydrogens is 277 g/mol. The molecule has 0 saturated carbocycles. The average Bonchev–Trinajstić information content (AvgIpc) is 2.43. The predicted molar refractivity (Wildman–Crippen MR) is 80.2 cm³/mol. The van der Waals surface area contributed by atoms with Gasteiger partial charge in [0, 0.05) is 31.8 Å². The second-order valence-electron chi connectivity index (χ2n) is 4.79. The van der Waals surface area contributed by atoms with E-state index in [1.165, 1.54) is 12.1 Å². The van der Waals surface area contributed by atoms with Crippen LogP contribution in [0.3, 0.4) is 0 Å². The molecule has 0 aliphatic heterocycles. The Kier molecular flexibility index (Phi) is 4.40. The molecule has 2 rings (SSSR count). The topological polar surface area (TPSA) is 20.3 Å². The van der Waals surface area contributed by atoms with Crippen LogP contribution in [0, 0.1) is 5.82 Å². The Hall–Kier alpha value is -1.87. The molecule has 0 aliphatic rings. The van der Waals surface area contributed by atoms with Crippen molar-refractivity contribution in [2.24, 2.45) is 0 Å². The van der Waals surface area contributed by atoms with Crippen molar-refractivity contribution < 1.29 is 9.18 Å². The number of Topliss-reactive ketones (excluding diaryl/α,β-unsaturated/α-hetero) is 1. The standard InChI is InChI=1S/C16H15ClFNO/c1-19(2)13-6-4-12(5-7-13)16(20)10-11-3-8-15(18)14(17)9-11/h3-9H,10H2,1-2H3. The first-order valence-electron chi connectivity index (χ1n) is 6.22. The molecule has 0 radical (unpaired) electrons. The third-order valence-electron chi connectivity index (χ3n) is 3.05. The summed E-state index contributed by atoms with van der Waals surface area (Å²) in [6, 6.07) is 11.7. The lowest BCUT2D eigenvalue weighted by Gasteiger charge is -2.12. The number of benzene rings is 2. The molecule has 0 spiro atoms. The molecule has 0 heterocycles. The number of ketones is 1. The molecule has 0 bridgehead atoms. The fourth-order valence-electron chi connectivity index (χ4n) is 1.88. The molecule has 2 aromatic rings. The highest BCUT2D eigenvalue weighted by molar-refractivity contribution is 6.30. The molecule has 0 aliphatic carbocycles. The summed E-state index contributed by atoms with van der Waals surface area (Å²) < 4.78 is 13.1. The highest BCUT2D eigenvalue weighted by Gasteiger charge is 2.09. The van der Waals surface area contributed by atoms with Crippen LogP contribution in [0.2, 0.25) is 5.02 Å². The summed E-state index contributed by atoms with van der Waals surface area (Å²) in [7, 11) is 3.88. The van der Waals surface area contributed by atoms with E-state index in [-0.39, 0.29) is 17.2 Å². The minimum absolute atomic E-state index is 0.0158. The molecule has 104 valence electrons. The van der Waals surface area contributed by atoms with Crippen LogP contribution < -0.4 is 4.90 Å². The van der Waals surface area contributed by atoms with Crippen molar-refractivity contribution in [3.8, 4) is 0 Å². The number of hydrogen-bond acceptors (Lipinski definition) is 2. The summed E-state index contributed by atoms with van der Waals surface area (Å²) in [5.74, 6) is -0.490. The molecule has 20 heavy (non-hydrogen) atoms. The predicted octanol–water partition coefficient (Wildman–Crippen LogP) is 3.97. The van der Waals surface area contributed by atoms with Gasteiger partial charge in [0.25, 0.3) is 0 Å². The van der Waals surface area contributed by atoms with Crippen molar-refractivity contribution in [1.82, 2.24) is 0 Å². The Bertz CT molecular complexity index is 623. The SMILES string of the molecule is CN(C)c1ccc(C(=O)Cc2ccc(F)c(Cl)c2)cc1. The molecule has 0 atom stereocenters. The van der Waals surface area contributed by atoms with Gasteiger partial charge in [-0.05, 0) is 42.0 Å². The first-order valence-corrected chi connectivity index (χ1v) is 6.59. The van der Waals surface area contributed by atoms with Gasteiger partial charge in [0.15, 0.2) is 5.78 Å². The fraction of sp³-hybridized carbons (Fsp3) is 0.188. The number of carbonyl (C=O) groups excluding carboxylic acids is 1. The van der Waals surface area contributed by atoms with Crippen LogP contribution in [0.15, 0.2) is 42.5 Å². The summed E-state index contributed by atoms with van der Waals surface area (Å²) in [6.45, 7) is 0. The first-order chi connectivity index (χ1) is 9.47. The number of rotatable bonds is 4. The van der Waals surface area contributed by atoms with Gasteiger partial charge in [-0.2, -0.15) is 0 Å². The van der Waals surface area contributed by atoms with Crippen molar-refractivity contribution in [2.75, 3.05) is 19.0 Å². The lowest BCUT2D eigenvalue weighted by atomic mass is 10.0. The Balaban J connectivity index is 2.13. The second-order valence-corrected chi connectivity index (χ2v) is 5.20.